The first kappa shape index (κ1) is 21.5. The van der Waals surface area contributed by atoms with E-state index in [0.717, 1.165) is 25.0 Å². The van der Waals surface area contributed by atoms with E-state index in [-0.39, 0.29) is 22.9 Å². The molecule has 1 aromatic carbocycles. The highest BCUT2D eigenvalue weighted by Crippen LogP contribution is 2.25. The summed E-state index contributed by atoms with van der Waals surface area (Å²) >= 11 is 0. The predicted molar refractivity (Wildman–Crippen MR) is 111 cm³/mol. The van der Waals surface area contributed by atoms with Crippen LogP contribution in [0.3, 0.4) is 0 Å². The summed E-state index contributed by atoms with van der Waals surface area (Å²) in [6, 6.07) is 9.76. The quantitative estimate of drug-likeness (QED) is 0.746. The lowest BCUT2D eigenvalue weighted by molar-refractivity contribution is 0.0939. The Morgan fingerprint density at radius 3 is 2.55 bits per heavy atom. The van der Waals surface area contributed by atoms with E-state index in [0.29, 0.717) is 18.7 Å². The molecule has 0 aliphatic carbocycles. The number of furan rings is 1. The number of amides is 1. The van der Waals surface area contributed by atoms with Crippen LogP contribution in [-0.2, 0) is 10.0 Å². The van der Waals surface area contributed by atoms with E-state index in [1.807, 2.05) is 38.1 Å². The van der Waals surface area contributed by atoms with Gasteiger partial charge in [-0.25, -0.2) is 8.42 Å². The van der Waals surface area contributed by atoms with Crippen LogP contribution in [-0.4, -0.2) is 56.8 Å². The van der Waals surface area contributed by atoms with Crippen molar-refractivity contribution in [3.05, 3.63) is 54.0 Å². The Balaban J connectivity index is 1.67. The number of sulfonamides is 1. The molecule has 2 unspecified atom stereocenters. The summed E-state index contributed by atoms with van der Waals surface area (Å²) in [5, 5.41) is 2.90. The monoisotopic (exact) mass is 419 g/mol. The van der Waals surface area contributed by atoms with Crippen LogP contribution in [0.25, 0.3) is 0 Å². The van der Waals surface area contributed by atoms with Crippen molar-refractivity contribution in [2.75, 3.05) is 27.2 Å². The molecule has 8 heteroatoms. The molecule has 1 saturated heterocycles. The smallest absolute Gasteiger partial charge is 0.251 e. The minimum atomic E-state index is -3.54. The average molecular weight is 420 g/mol. The fourth-order valence-corrected chi connectivity index (χ4v) is 5.35. The summed E-state index contributed by atoms with van der Waals surface area (Å²) in [6.45, 7) is 2.87. The number of carbonyl (C=O) groups is 1. The molecule has 2 aromatic rings. The molecule has 29 heavy (non-hydrogen) atoms. The Hall–Kier alpha value is -2.16. The zero-order valence-corrected chi connectivity index (χ0v) is 18.0. The van der Waals surface area contributed by atoms with Gasteiger partial charge in [0.2, 0.25) is 10.0 Å². The number of hydrogen-bond donors (Lipinski definition) is 1. The number of nitrogens with zero attached hydrogens (tertiary/aromatic N) is 2. The third-order valence-electron chi connectivity index (χ3n) is 5.42. The van der Waals surface area contributed by atoms with Crippen LogP contribution < -0.4 is 5.32 Å². The molecule has 1 fully saturated rings. The van der Waals surface area contributed by atoms with Crippen LogP contribution in [0.5, 0.6) is 0 Å². The zero-order valence-electron chi connectivity index (χ0n) is 17.2. The number of rotatable bonds is 7. The van der Waals surface area contributed by atoms with Crippen LogP contribution in [0.1, 0.15) is 48.3 Å². The molecule has 1 aliphatic rings. The summed E-state index contributed by atoms with van der Waals surface area (Å²) in [5.74, 6) is 0.520. The number of nitrogens with one attached hydrogen (secondary N) is 1. The van der Waals surface area contributed by atoms with Crippen LogP contribution in [0.2, 0.25) is 0 Å². The van der Waals surface area contributed by atoms with Crippen molar-refractivity contribution in [1.82, 2.24) is 14.5 Å². The molecule has 1 N–H and O–H groups in total. The minimum absolute atomic E-state index is 0.00120. The van der Waals surface area contributed by atoms with E-state index in [1.165, 1.54) is 12.1 Å². The highest BCUT2D eigenvalue weighted by atomic mass is 32.2. The fraction of sp³-hybridized carbons (Fsp3) is 0.476. The first-order valence-electron chi connectivity index (χ1n) is 9.90. The summed E-state index contributed by atoms with van der Waals surface area (Å²) < 4.78 is 32.8. The molecule has 3 rings (SSSR count). The molecular formula is C21H29N3O4S. The molecule has 1 amide bonds. The van der Waals surface area contributed by atoms with Gasteiger partial charge in [0.25, 0.3) is 5.91 Å². The summed E-state index contributed by atoms with van der Waals surface area (Å²) in [5.41, 5.74) is 0.424. The van der Waals surface area contributed by atoms with Gasteiger partial charge in [-0.05, 0) is 70.3 Å². The van der Waals surface area contributed by atoms with Crippen molar-refractivity contribution in [2.24, 2.45) is 0 Å². The lowest BCUT2D eigenvalue weighted by Gasteiger charge is -2.32. The lowest BCUT2D eigenvalue weighted by Crippen LogP contribution is -2.41. The second kappa shape index (κ2) is 9.11. The standard InChI is InChI=1S/C21H29N3O4S/c1-16-7-4-5-13-24(16)29(26,27)18-11-9-17(10-12-18)21(25)22-15-19(23(2)3)20-8-6-14-28-20/h6,8-12,14,16,19H,4-5,7,13,15H2,1-3H3,(H,22,25). The van der Waals surface area contributed by atoms with E-state index in [2.05, 4.69) is 5.32 Å². The van der Waals surface area contributed by atoms with Crippen LogP contribution in [0.15, 0.2) is 52.0 Å². The highest BCUT2D eigenvalue weighted by Gasteiger charge is 2.31. The molecule has 2 atom stereocenters. The van der Waals surface area contributed by atoms with Crippen molar-refractivity contribution in [2.45, 2.75) is 43.2 Å². The van der Waals surface area contributed by atoms with Gasteiger partial charge in [0.1, 0.15) is 5.76 Å². The molecule has 0 radical (unpaired) electrons. The average Bonchev–Trinajstić information content (AvgIpc) is 3.22. The van der Waals surface area contributed by atoms with Crippen LogP contribution >= 0.6 is 0 Å². The fourth-order valence-electron chi connectivity index (χ4n) is 3.65. The minimum Gasteiger partial charge on any atom is -0.468 e. The maximum absolute atomic E-state index is 12.9. The van der Waals surface area contributed by atoms with Gasteiger partial charge in [-0.2, -0.15) is 4.31 Å². The number of carbonyl (C=O) groups excluding carboxylic acids is 1. The van der Waals surface area contributed by atoms with Crippen LogP contribution in [0, 0.1) is 0 Å². The zero-order chi connectivity index (χ0) is 21.0. The molecule has 0 bridgehead atoms. The molecular weight excluding hydrogens is 390 g/mol. The normalized spacial score (nSPS) is 19.2. The van der Waals surface area contributed by atoms with Crippen molar-refractivity contribution < 1.29 is 17.6 Å². The second-order valence-corrected chi connectivity index (χ2v) is 9.58. The van der Waals surface area contributed by atoms with Gasteiger partial charge < -0.3 is 9.73 Å². The summed E-state index contributed by atoms with van der Waals surface area (Å²) in [7, 11) is 0.297. The number of piperidine rings is 1. The predicted octanol–water partition coefficient (Wildman–Crippen LogP) is 2.88. The summed E-state index contributed by atoms with van der Waals surface area (Å²) in [4.78, 5) is 14.7. The topological polar surface area (TPSA) is 82.9 Å². The maximum Gasteiger partial charge on any atom is 0.251 e. The Kier molecular flexibility index (Phi) is 6.77. The molecule has 158 valence electrons. The number of likely N-dealkylation sites (N-methyl/N-ethyl adjacent to an activating group) is 1. The maximum atomic E-state index is 12.9. The third kappa shape index (κ3) is 4.88. The van der Waals surface area contributed by atoms with E-state index in [4.69, 9.17) is 4.42 Å². The van der Waals surface area contributed by atoms with Gasteiger partial charge in [0.05, 0.1) is 17.2 Å². The Labute approximate surface area is 172 Å². The Bertz CT molecular complexity index is 908. The number of hydrogen-bond acceptors (Lipinski definition) is 5. The van der Waals surface area contributed by atoms with Crippen molar-refractivity contribution in [1.29, 1.82) is 0 Å². The molecule has 2 heterocycles. The van der Waals surface area contributed by atoms with Crippen molar-refractivity contribution in [3.8, 4) is 0 Å². The molecule has 1 aromatic heterocycles. The highest BCUT2D eigenvalue weighted by molar-refractivity contribution is 7.89. The van der Waals surface area contributed by atoms with Gasteiger partial charge in [-0.15, -0.1) is 0 Å². The third-order valence-corrected chi connectivity index (χ3v) is 7.44. The largest absolute Gasteiger partial charge is 0.468 e. The van der Waals surface area contributed by atoms with E-state index >= 15 is 0 Å². The molecule has 7 nitrogen and oxygen atoms in total. The SMILES string of the molecule is CC1CCCCN1S(=O)(=O)c1ccc(C(=O)NCC(c2ccco2)N(C)C)cc1. The van der Waals surface area contributed by atoms with Gasteiger partial charge >= 0.3 is 0 Å². The van der Waals surface area contributed by atoms with Crippen molar-refractivity contribution >= 4 is 15.9 Å². The lowest BCUT2D eigenvalue weighted by atomic mass is 10.1. The first-order valence-corrected chi connectivity index (χ1v) is 11.3. The summed E-state index contributed by atoms with van der Waals surface area (Å²) in [6.07, 6.45) is 4.42. The Morgan fingerprint density at radius 1 is 1.24 bits per heavy atom. The van der Waals surface area contributed by atoms with Crippen LogP contribution in [0.4, 0.5) is 0 Å². The van der Waals surface area contributed by atoms with Gasteiger partial charge in [0, 0.05) is 24.7 Å². The van der Waals surface area contributed by atoms with Gasteiger partial charge in [0.15, 0.2) is 0 Å². The number of benzene rings is 1. The van der Waals surface area contributed by atoms with Gasteiger partial charge in [-0.1, -0.05) is 6.42 Å². The first-order chi connectivity index (χ1) is 13.8. The molecule has 0 saturated carbocycles. The van der Waals surface area contributed by atoms with E-state index < -0.39 is 10.0 Å². The Morgan fingerprint density at radius 2 is 1.97 bits per heavy atom. The van der Waals surface area contributed by atoms with Gasteiger partial charge in [-0.3, -0.25) is 9.69 Å². The van der Waals surface area contributed by atoms with E-state index in [9.17, 15) is 13.2 Å². The van der Waals surface area contributed by atoms with E-state index in [1.54, 1.807) is 22.7 Å². The molecule has 0 spiro atoms. The molecule has 1 aliphatic heterocycles. The second-order valence-electron chi connectivity index (χ2n) is 7.69. The van der Waals surface area contributed by atoms with Crippen molar-refractivity contribution in [3.63, 3.8) is 0 Å².